The van der Waals surface area contributed by atoms with Crippen LogP contribution < -0.4 is 4.90 Å². The molecule has 2 heterocycles. The Balaban J connectivity index is 1.70. The Kier molecular flexibility index (Phi) is 3.73. The Morgan fingerprint density at radius 3 is 2.50 bits per heavy atom. The van der Waals surface area contributed by atoms with Gasteiger partial charge in [-0.05, 0) is 30.3 Å². The van der Waals surface area contributed by atoms with Gasteiger partial charge in [-0.25, -0.2) is 14.1 Å². The number of nitrogens with zero attached hydrogens (tertiary/aromatic N) is 2. The first-order valence-corrected chi connectivity index (χ1v) is 8.78. The molecule has 0 aliphatic carbocycles. The zero-order valence-electron chi connectivity index (χ0n) is 12.4. The number of carbonyl (C=O) groups is 2. The van der Waals surface area contributed by atoms with Crippen LogP contribution in [0.5, 0.6) is 0 Å². The van der Waals surface area contributed by atoms with E-state index in [9.17, 15) is 14.0 Å². The van der Waals surface area contributed by atoms with E-state index < -0.39 is 17.4 Å². The highest BCUT2D eigenvalue weighted by molar-refractivity contribution is 7.99. The van der Waals surface area contributed by atoms with E-state index >= 15 is 0 Å². The zero-order chi connectivity index (χ0) is 16.8. The van der Waals surface area contributed by atoms with Gasteiger partial charge in [0, 0.05) is 16.3 Å². The van der Waals surface area contributed by atoms with Gasteiger partial charge < -0.3 is 0 Å². The van der Waals surface area contributed by atoms with Crippen molar-refractivity contribution in [1.29, 1.82) is 0 Å². The van der Waals surface area contributed by atoms with Crippen molar-refractivity contribution in [3.8, 4) is 0 Å². The van der Waals surface area contributed by atoms with Crippen LogP contribution in [-0.2, 0) is 4.79 Å². The van der Waals surface area contributed by atoms with Crippen LogP contribution >= 0.6 is 23.4 Å². The summed E-state index contributed by atoms with van der Waals surface area (Å²) in [4.78, 5) is 28.1. The Hall–Kier alpha value is -2.05. The van der Waals surface area contributed by atoms with Gasteiger partial charge in [-0.15, -0.1) is 11.8 Å². The van der Waals surface area contributed by atoms with E-state index in [4.69, 9.17) is 11.6 Å². The van der Waals surface area contributed by atoms with Crippen LogP contribution in [0.1, 0.15) is 10.9 Å². The Morgan fingerprint density at radius 2 is 1.79 bits per heavy atom. The predicted octanol–water partition coefficient (Wildman–Crippen LogP) is 4.06. The van der Waals surface area contributed by atoms with Crippen molar-refractivity contribution >= 4 is 41.0 Å². The van der Waals surface area contributed by atoms with Crippen molar-refractivity contribution in [3.63, 3.8) is 0 Å². The average molecular weight is 363 g/mol. The van der Waals surface area contributed by atoms with E-state index in [0.717, 1.165) is 4.90 Å². The molecule has 0 radical (unpaired) electrons. The van der Waals surface area contributed by atoms with Gasteiger partial charge in [0.2, 0.25) is 0 Å². The third-order valence-corrected chi connectivity index (χ3v) is 5.73. The summed E-state index contributed by atoms with van der Waals surface area (Å²) in [5.74, 6) is -0.206. The van der Waals surface area contributed by atoms with Crippen molar-refractivity contribution < 1.29 is 14.0 Å². The number of hydrogen-bond donors (Lipinski definition) is 0. The van der Waals surface area contributed by atoms with E-state index in [2.05, 4.69) is 0 Å². The maximum atomic E-state index is 14.1. The molecule has 0 N–H and O–H groups in total. The maximum absolute atomic E-state index is 14.1. The number of carbonyl (C=O) groups excluding carboxylic acids is 2. The highest BCUT2D eigenvalue weighted by Gasteiger charge is 2.53. The highest BCUT2D eigenvalue weighted by atomic mass is 35.5. The number of fused-ring (bicyclic) bond motifs is 1. The molecule has 0 saturated carbocycles. The van der Waals surface area contributed by atoms with Gasteiger partial charge in [-0.3, -0.25) is 9.69 Å². The smallest absolute Gasteiger partial charge is 0.295 e. The lowest BCUT2D eigenvalue weighted by Gasteiger charge is -2.23. The molecule has 4 nitrogen and oxygen atoms in total. The molecule has 7 heteroatoms. The molecule has 0 bridgehead atoms. The molecular formula is C17H12ClFN2O2S. The van der Waals surface area contributed by atoms with Crippen LogP contribution in [0.4, 0.5) is 14.9 Å². The summed E-state index contributed by atoms with van der Waals surface area (Å²) in [5.41, 5.74) is 0.894. The van der Waals surface area contributed by atoms with Crippen LogP contribution in [0.15, 0.2) is 48.5 Å². The standard InChI is InChI=1S/C17H12ClFN2O2S/c18-10-5-7-11(8-6-10)20-15(22)14-9-24-16(21(14)17(20)23)12-3-1-2-4-13(12)19/h1-8,14,16H,9H2/t14-,16+/m0/s1. The van der Waals surface area contributed by atoms with Crippen molar-refractivity contribution in [2.75, 3.05) is 10.7 Å². The van der Waals surface area contributed by atoms with Crippen LogP contribution in [-0.4, -0.2) is 28.6 Å². The summed E-state index contributed by atoms with van der Waals surface area (Å²) in [6.07, 6.45) is 0. The predicted molar refractivity (Wildman–Crippen MR) is 91.6 cm³/mol. The van der Waals surface area contributed by atoms with Gasteiger partial charge in [0.25, 0.3) is 5.91 Å². The molecule has 0 aromatic heterocycles. The van der Waals surface area contributed by atoms with E-state index in [-0.39, 0.29) is 11.7 Å². The maximum Gasteiger partial charge on any atom is 0.333 e. The lowest BCUT2D eigenvalue weighted by atomic mass is 10.2. The third kappa shape index (κ3) is 2.29. The number of rotatable bonds is 2. The fraction of sp³-hybridized carbons (Fsp3) is 0.176. The summed E-state index contributed by atoms with van der Waals surface area (Å²) in [6, 6.07) is 11.9. The topological polar surface area (TPSA) is 40.6 Å². The number of amides is 3. The Bertz CT molecular complexity index is 830. The van der Waals surface area contributed by atoms with Gasteiger partial charge in [0.1, 0.15) is 17.2 Å². The molecular weight excluding hydrogens is 351 g/mol. The van der Waals surface area contributed by atoms with Crippen molar-refractivity contribution in [2.24, 2.45) is 0 Å². The molecule has 2 fully saturated rings. The molecule has 0 spiro atoms. The first kappa shape index (κ1) is 15.5. The second kappa shape index (κ2) is 5.79. The number of thioether (sulfide) groups is 1. The minimum Gasteiger partial charge on any atom is -0.295 e. The fourth-order valence-electron chi connectivity index (χ4n) is 3.03. The summed E-state index contributed by atoms with van der Waals surface area (Å²) < 4.78 is 14.1. The minimum absolute atomic E-state index is 0.284. The van der Waals surface area contributed by atoms with Gasteiger partial charge in [0.15, 0.2) is 0 Å². The van der Waals surface area contributed by atoms with Crippen LogP contribution in [0.2, 0.25) is 5.02 Å². The van der Waals surface area contributed by atoms with Crippen molar-refractivity contribution in [2.45, 2.75) is 11.4 Å². The third-order valence-electron chi connectivity index (χ3n) is 4.17. The quantitative estimate of drug-likeness (QED) is 0.756. The monoisotopic (exact) mass is 362 g/mol. The molecule has 0 unspecified atom stereocenters. The van der Waals surface area contributed by atoms with Crippen LogP contribution in [0.3, 0.4) is 0 Å². The fourth-order valence-corrected chi connectivity index (χ4v) is 4.59. The SMILES string of the molecule is O=C1[C@@H]2CS[C@H](c3ccccc3F)N2C(=O)N1c1ccc(Cl)cc1. The molecule has 2 atom stereocenters. The van der Waals surface area contributed by atoms with Crippen LogP contribution in [0, 0.1) is 5.82 Å². The molecule has 2 saturated heterocycles. The highest BCUT2D eigenvalue weighted by Crippen LogP contribution is 2.46. The minimum atomic E-state index is -0.567. The molecule has 2 aliphatic rings. The number of imide groups is 1. The number of urea groups is 1. The molecule has 2 aromatic rings. The number of halogens is 2. The lowest BCUT2D eigenvalue weighted by Crippen LogP contribution is -2.34. The summed E-state index contributed by atoms with van der Waals surface area (Å²) in [5, 5.41) is 0.0306. The lowest BCUT2D eigenvalue weighted by molar-refractivity contribution is -0.119. The van der Waals surface area contributed by atoms with Gasteiger partial charge in [-0.2, -0.15) is 0 Å². The largest absolute Gasteiger partial charge is 0.333 e. The van der Waals surface area contributed by atoms with E-state index in [0.29, 0.717) is 22.0 Å². The van der Waals surface area contributed by atoms with Crippen molar-refractivity contribution in [3.05, 3.63) is 64.9 Å². The molecule has 4 rings (SSSR count). The number of anilines is 1. The molecule has 2 aliphatic heterocycles. The van der Waals surface area contributed by atoms with Crippen LogP contribution in [0.25, 0.3) is 0 Å². The summed E-state index contributed by atoms with van der Waals surface area (Å²) in [7, 11) is 0. The van der Waals surface area contributed by atoms with Gasteiger partial charge >= 0.3 is 6.03 Å². The van der Waals surface area contributed by atoms with E-state index in [1.165, 1.54) is 22.7 Å². The van der Waals surface area contributed by atoms with E-state index in [1.54, 1.807) is 42.5 Å². The molecule has 3 amide bonds. The second-order valence-corrected chi connectivity index (χ2v) is 7.11. The summed E-state index contributed by atoms with van der Waals surface area (Å²) >= 11 is 7.27. The first-order valence-electron chi connectivity index (χ1n) is 7.36. The summed E-state index contributed by atoms with van der Waals surface area (Å²) in [6.45, 7) is 0. The Labute approximate surface area is 147 Å². The Morgan fingerprint density at radius 1 is 1.08 bits per heavy atom. The van der Waals surface area contributed by atoms with E-state index in [1.807, 2.05) is 0 Å². The number of benzene rings is 2. The molecule has 24 heavy (non-hydrogen) atoms. The normalized spacial score (nSPS) is 23.1. The molecule has 122 valence electrons. The van der Waals surface area contributed by atoms with Gasteiger partial charge in [-0.1, -0.05) is 29.8 Å². The van der Waals surface area contributed by atoms with Gasteiger partial charge in [0.05, 0.1) is 5.69 Å². The molecule has 2 aromatic carbocycles. The second-order valence-electron chi connectivity index (χ2n) is 5.56. The zero-order valence-corrected chi connectivity index (χ0v) is 13.9. The first-order chi connectivity index (χ1) is 11.6. The number of hydrogen-bond acceptors (Lipinski definition) is 3. The average Bonchev–Trinajstić information content (AvgIpc) is 3.10. The van der Waals surface area contributed by atoms with Crippen molar-refractivity contribution in [1.82, 2.24) is 4.90 Å².